The maximum atomic E-state index is 13.9. The van der Waals surface area contributed by atoms with Crippen molar-refractivity contribution in [1.29, 1.82) is 0 Å². The standard InChI is InChI=1S/C17H16FN5O/c18-14-8-12(16-3-1-2-5-20-16)7-13(9-14)17(24)22-15-10-21-23(11-15)6-4-19/h1-3,5,7-11H,4,6,19H2,(H,22,24). The summed E-state index contributed by atoms with van der Waals surface area (Å²) in [5.41, 5.74) is 7.33. The van der Waals surface area contributed by atoms with E-state index < -0.39 is 11.7 Å². The fourth-order valence-electron chi connectivity index (χ4n) is 2.29. The van der Waals surface area contributed by atoms with Gasteiger partial charge in [-0.15, -0.1) is 0 Å². The lowest BCUT2D eigenvalue weighted by Crippen LogP contribution is -2.12. The molecule has 0 saturated heterocycles. The summed E-state index contributed by atoms with van der Waals surface area (Å²) in [4.78, 5) is 16.5. The van der Waals surface area contributed by atoms with Crippen LogP contribution in [0.2, 0.25) is 0 Å². The molecule has 24 heavy (non-hydrogen) atoms. The Labute approximate surface area is 138 Å². The highest BCUT2D eigenvalue weighted by molar-refractivity contribution is 6.04. The first-order valence-corrected chi connectivity index (χ1v) is 7.41. The fourth-order valence-corrected chi connectivity index (χ4v) is 2.29. The second kappa shape index (κ2) is 7.01. The van der Waals surface area contributed by atoms with Crippen LogP contribution in [0.1, 0.15) is 10.4 Å². The lowest BCUT2D eigenvalue weighted by atomic mass is 10.1. The monoisotopic (exact) mass is 325 g/mol. The first kappa shape index (κ1) is 15.8. The molecule has 3 aromatic rings. The van der Waals surface area contributed by atoms with E-state index in [4.69, 9.17) is 5.73 Å². The van der Waals surface area contributed by atoms with E-state index in [9.17, 15) is 9.18 Å². The van der Waals surface area contributed by atoms with E-state index in [0.717, 1.165) is 0 Å². The van der Waals surface area contributed by atoms with Crippen molar-refractivity contribution < 1.29 is 9.18 Å². The summed E-state index contributed by atoms with van der Waals surface area (Å²) in [6.07, 6.45) is 4.81. The van der Waals surface area contributed by atoms with Crippen molar-refractivity contribution in [1.82, 2.24) is 14.8 Å². The number of carbonyl (C=O) groups excluding carboxylic acids is 1. The molecule has 7 heteroatoms. The zero-order chi connectivity index (χ0) is 16.9. The minimum Gasteiger partial charge on any atom is -0.329 e. The van der Waals surface area contributed by atoms with Gasteiger partial charge in [0.05, 0.1) is 24.1 Å². The average Bonchev–Trinajstić information content (AvgIpc) is 3.02. The second-order valence-corrected chi connectivity index (χ2v) is 5.18. The largest absolute Gasteiger partial charge is 0.329 e. The molecule has 0 unspecified atom stereocenters. The van der Waals surface area contributed by atoms with Crippen LogP contribution in [0.25, 0.3) is 11.3 Å². The van der Waals surface area contributed by atoms with E-state index in [-0.39, 0.29) is 5.56 Å². The predicted molar refractivity (Wildman–Crippen MR) is 88.9 cm³/mol. The van der Waals surface area contributed by atoms with Crippen molar-refractivity contribution >= 4 is 11.6 Å². The molecule has 1 aromatic carbocycles. The molecule has 0 fully saturated rings. The van der Waals surface area contributed by atoms with Gasteiger partial charge in [0.25, 0.3) is 5.91 Å². The second-order valence-electron chi connectivity index (χ2n) is 5.18. The minimum atomic E-state index is -0.498. The van der Waals surface area contributed by atoms with Crippen molar-refractivity contribution in [2.45, 2.75) is 6.54 Å². The molecule has 0 aliphatic heterocycles. The van der Waals surface area contributed by atoms with Crippen molar-refractivity contribution in [3.8, 4) is 11.3 Å². The molecule has 2 aromatic heterocycles. The molecule has 0 aliphatic carbocycles. The third-order valence-electron chi connectivity index (χ3n) is 3.37. The first-order chi connectivity index (χ1) is 11.7. The van der Waals surface area contributed by atoms with Crippen LogP contribution in [0.4, 0.5) is 10.1 Å². The molecular formula is C17H16FN5O. The number of amides is 1. The Morgan fingerprint density at radius 2 is 2.17 bits per heavy atom. The van der Waals surface area contributed by atoms with Crippen LogP contribution >= 0.6 is 0 Å². The fraction of sp³-hybridized carbons (Fsp3) is 0.118. The number of benzene rings is 1. The van der Waals surface area contributed by atoms with Crippen molar-refractivity contribution in [2.75, 3.05) is 11.9 Å². The van der Waals surface area contributed by atoms with Gasteiger partial charge in [-0.05, 0) is 30.3 Å². The van der Waals surface area contributed by atoms with Gasteiger partial charge in [-0.3, -0.25) is 14.5 Å². The third kappa shape index (κ3) is 3.64. The summed E-state index contributed by atoms with van der Waals surface area (Å²) in [6, 6.07) is 9.47. The van der Waals surface area contributed by atoms with Gasteiger partial charge < -0.3 is 11.1 Å². The maximum Gasteiger partial charge on any atom is 0.255 e. The lowest BCUT2D eigenvalue weighted by molar-refractivity contribution is 0.102. The zero-order valence-electron chi connectivity index (χ0n) is 12.8. The molecular weight excluding hydrogens is 309 g/mol. The number of nitrogens with zero attached hydrogens (tertiary/aromatic N) is 3. The molecule has 0 atom stereocenters. The molecule has 3 rings (SSSR count). The van der Waals surface area contributed by atoms with E-state index in [1.165, 1.54) is 18.3 Å². The Bertz CT molecular complexity index is 847. The molecule has 3 N–H and O–H groups in total. The van der Waals surface area contributed by atoms with Crippen LogP contribution in [0, 0.1) is 5.82 Å². The number of pyridine rings is 1. The van der Waals surface area contributed by atoms with Crippen LogP contribution in [-0.4, -0.2) is 27.2 Å². The Kier molecular flexibility index (Phi) is 4.62. The maximum absolute atomic E-state index is 13.9. The molecule has 122 valence electrons. The zero-order valence-corrected chi connectivity index (χ0v) is 12.8. The quantitative estimate of drug-likeness (QED) is 0.753. The number of hydrogen-bond donors (Lipinski definition) is 2. The summed E-state index contributed by atoms with van der Waals surface area (Å²) in [7, 11) is 0. The summed E-state index contributed by atoms with van der Waals surface area (Å²) in [5.74, 6) is -0.916. The van der Waals surface area contributed by atoms with Gasteiger partial charge in [-0.1, -0.05) is 6.07 Å². The van der Waals surface area contributed by atoms with E-state index >= 15 is 0 Å². The molecule has 6 nitrogen and oxygen atoms in total. The number of aromatic nitrogens is 3. The van der Waals surface area contributed by atoms with Crippen LogP contribution in [0.3, 0.4) is 0 Å². The van der Waals surface area contributed by atoms with Gasteiger partial charge in [0.1, 0.15) is 5.82 Å². The normalized spacial score (nSPS) is 10.6. The molecule has 0 saturated carbocycles. The van der Waals surface area contributed by atoms with Gasteiger partial charge in [0.15, 0.2) is 0 Å². The smallest absolute Gasteiger partial charge is 0.255 e. The number of nitrogens with one attached hydrogen (secondary N) is 1. The molecule has 0 spiro atoms. The number of anilines is 1. The third-order valence-corrected chi connectivity index (χ3v) is 3.37. The predicted octanol–water partition coefficient (Wildman–Crippen LogP) is 2.30. The van der Waals surface area contributed by atoms with Gasteiger partial charge in [-0.25, -0.2) is 4.39 Å². The summed E-state index contributed by atoms with van der Waals surface area (Å²) in [6.45, 7) is 1.01. The highest BCUT2D eigenvalue weighted by Crippen LogP contribution is 2.20. The van der Waals surface area contributed by atoms with E-state index in [0.29, 0.717) is 30.0 Å². The molecule has 0 aliphatic rings. The van der Waals surface area contributed by atoms with Crippen LogP contribution in [0.15, 0.2) is 55.0 Å². The lowest BCUT2D eigenvalue weighted by Gasteiger charge is -2.06. The van der Waals surface area contributed by atoms with Gasteiger partial charge in [-0.2, -0.15) is 5.10 Å². The van der Waals surface area contributed by atoms with Crippen molar-refractivity contribution in [3.63, 3.8) is 0 Å². The number of nitrogens with two attached hydrogens (primary N) is 1. The SMILES string of the molecule is NCCn1cc(NC(=O)c2cc(F)cc(-c3ccccn3)c2)cn1. The number of hydrogen-bond acceptors (Lipinski definition) is 4. The minimum absolute atomic E-state index is 0.210. The Balaban J connectivity index is 1.83. The molecule has 2 heterocycles. The first-order valence-electron chi connectivity index (χ1n) is 7.41. The Morgan fingerprint density at radius 1 is 1.29 bits per heavy atom. The average molecular weight is 325 g/mol. The molecule has 0 radical (unpaired) electrons. The van der Waals surface area contributed by atoms with Crippen LogP contribution in [-0.2, 0) is 6.54 Å². The van der Waals surface area contributed by atoms with Crippen molar-refractivity contribution in [3.05, 3.63) is 66.4 Å². The topological polar surface area (TPSA) is 85.8 Å². The number of halogens is 1. The van der Waals surface area contributed by atoms with Crippen molar-refractivity contribution in [2.24, 2.45) is 5.73 Å². The highest BCUT2D eigenvalue weighted by Gasteiger charge is 2.12. The summed E-state index contributed by atoms with van der Waals surface area (Å²) >= 11 is 0. The van der Waals surface area contributed by atoms with E-state index in [1.807, 2.05) is 0 Å². The van der Waals surface area contributed by atoms with Gasteiger partial charge >= 0.3 is 0 Å². The van der Waals surface area contributed by atoms with E-state index in [2.05, 4.69) is 15.4 Å². The van der Waals surface area contributed by atoms with Gasteiger partial charge in [0, 0.05) is 30.1 Å². The van der Waals surface area contributed by atoms with Crippen LogP contribution < -0.4 is 11.1 Å². The molecule has 0 bridgehead atoms. The Morgan fingerprint density at radius 3 is 2.92 bits per heavy atom. The van der Waals surface area contributed by atoms with Crippen LogP contribution in [0.5, 0.6) is 0 Å². The van der Waals surface area contributed by atoms with E-state index in [1.54, 1.807) is 41.3 Å². The summed E-state index contributed by atoms with van der Waals surface area (Å²) < 4.78 is 15.5. The molecule has 1 amide bonds. The Hall–Kier alpha value is -3.06. The van der Waals surface area contributed by atoms with Gasteiger partial charge in [0.2, 0.25) is 0 Å². The number of rotatable bonds is 5. The summed E-state index contributed by atoms with van der Waals surface area (Å²) in [5, 5.41) is 6.77. The number of carbonyl (C=O) groups is 1. The highest BCUT2D eigenvalue weighted by atomic mass is 19.1.